The molecule has 27 heavy (non-hydrogen) atoms. The molecule has 2 aromatic rings. The number of halogens is 1. The Balaban J connectivity index is 1.60. The van der Waals surface area contributed by atoms with E-state index >= 15 is 0 Å². The molecule has 1 aliphatic heterocycles. The van der Waals surface area contributed by atoms with Gasteiger partial charge in [-0.3, -0.25) is 9.58 Å². The number of anilines is 1. The summed E-state index contributed by atoms with van der Waals surface area (Å²) in [7, 11) is 1.86. The van der Waals surface area contributed by atoms with Crippen LogP contribution in [0, 0.1) is 6.92 Å². The molecule has 0 spiro atoms. The Kier molecular flexibility index (Phi) is 6.68. The summed E-state index contributed by atoms with van der Waals surface area (Å²) in [6.07, 6.45) is 2.95. The van der Waals surface area contributed by atoms with Gasteiger partial charge in [0.2, 0.25) is 0 Å². The van der Waals surface area contributed by atoms with E-state index in [0.29, 0.717) is 11.7 Å². The van der Waals surface area contributed by atoms with Gasteiger partial charge in [0, 0.05) is 50.2 Å². The molecule has 0 atom stereocenters. The van der Waals surface area contributed by atoms with Crippen LogP contribution < -0.4 is 5.32 Å². The van der Waals surface area contributed by atoms with Crippen molar-refractivity contribution in [1.82, 2.24) is 19.6 Å². The lowest BCUT2D eigenvalue weighted by molar-refractivity contribution is 0.211. The van der Waals surface area contributed by atoms with Crippen molar-refractivity contribution in [1.29, 1.82) is 0 Å². The summed E-state index contributed by atoms with van der Waals surface area (Å²) in [4.78, 5) is 18.0. The third kappa shape index (κ3) is 4.78. The minimum Gasteiger partial charge on any atom is -0.323 e. The zero-order chi connectivity index (χ0) is 19.4. The van der Waals surface area contributed by atoms with Crippen LogP contribution >= 0.6 is 23.4 Å². The van der Waals surface area contributed by atoms with Crippen molar-refractivity contribution in [3.63, 3.8) is 0 Å². The van der Waals surface area contributed by atoms with Crippen LogP contribution in [-0.4, -0.2) is 58.0 Å². The topological polar surface area (TPSA) is 53.4 Å². The number of hydrogen-bond acceptors (Lipinski definition) is 4. The van der Waals surface area contributed by atoms with E-state index < -0.39 is 0 Å². The molecule has 1 saturated heterocycles. The fraction of sp³-hybridized carbons (Fsp3) is 0.474. The van der Waals surface area contributed by atoms with Crippen LogP contribution in [-0.2, 0) is 13.6 Å². The smallest absolute Gasteiger partial charge is 0.321 e. The van der Waals surface area contributed by atoms with E-state index in [0.717, 1.165) is 54.4 Å². The highest BCUT2D eigenvalue weighted by atomic mass is 35.5. The fourth-order valence-corrected chi connectivity index (χ4v) is 4.14. The maximum Gasteiger partial charge on any atom is 0.321 e. The molecule has 3 rings (SSSR count). The number of para-hydroxylation sites is 1. The number of aromatic nitrogens is 2. The monoisotopic (exact) mass is 407 g/mol. The summed E-state index contributed by atoms with van der Waals surface area (Å²) in [6.45, 7) is 5.97. The van der Waals surface area contributed by atoms with Gasteiger partial charge in [-0.1, -0.05) is 23.7 Å². The Morgan fingerprint density at radius 1 is 1.26 bits per heavy atom. The molecule has 0 saturated carbocycles. The van der Waals surface area contributed by atoms with Crippen molar-refractivity contribution in [3.05, 3.63) is 40.7 Å². The molecular formula is C19H26ClN5OS. The van der Waals surface area contributed by atoms with E-state index in [1.54, 1.807) is 16.4 Å². The standard InChI is InChI=1S/C19H26ClN5OS/c1-14-15(18(20)23(2)22-14)13-24-9-6-10-25(12-11-24)19(26)21-16-7-4-5-8-17(16)27-3/h4-5,7-8H,6,9-13H2,1-3H3,(H,21,26). The van der Waals surface area contributed by atoms with Crippen LogP contribution in [0.5, 0.6) is 0 Å². The maximum absolute atomic E-state index is 12.7. The van der Waals surface area contributed by atoms with Gasteiger partial charge in [-0.05, 0) is 31.7 Å². The van der Waals surface area contributed by atoms with E-state index in [4.69, 9.17) is 11.6 Å². The molecule has 0 aliphatic carbocycles. The fourth-order valence-electron chi connectivity index (χ4n) is 3.35. The van der Waals surface area contributed by atoms with Crippen LogP contribution in [0.2, 0.25) is 5.15 Å². The molecule has 2 heterocycles. The zero-order valence-corrected chi connectivity index (χ0v) is 17.6. The minimum atomic E-state index is -0.0334. The number of amides is 2. The second-order valence-electron chi connectivity index (χ2n) is 6.73. The first-order valence-corrected chi connectivity index (χ1v) is 10.7. The number of nitrogens with one attached hydrogen (secondary N) is 1. The lowest BCUT2D eigenvalue weighted by Crippen LogP contribution is -2.38. The van der Waals surface area contributed by atoms with Crippen molar-refractivity contribution < 1.29 is 4.79 Å². The van der Waals surface area contributed by atoms with Gasteiger partial charge in [0.05, 0.1) is 11.4 Å². The number of urea groups is 1. The molecule has 6 nitrogen and oxygen atoms in total. The molecule has 1 fully saturated rings. The van der Waals surface area contributed by atoms with Crippen LogP contribution in [0.3, 0.4) is 0 Å². The van der Waals surface area contributed by atoms with Crippen LogP contribution in [0.1, 0.15) is 17.7 Å². The Labute approximate surface area is 169 Å². The summed E-state index contributed by atoms with van der Waals surface area (Å²) in [5.41, 5.74) is 2.91. The third-order valence-corrected chi connectivity index (χ3v) is 6.14. The zero-order valence-electron chi connectivity index (χ0n) is 16.0. The number of thioether (sulfide) groups is 1. The van der Waals surface area contributed by atoms with Crippen molar-refractivity contribution in [2.45, 2.75) is 24.8 Å². The normalized spacial score (nSPS) is 15.6. The number of carbonyl (C=O) groups excluding carboxylic acids is 1. The molecule has 0 unspecified atom stereocenters. The van der Waals surface area contributed by atoms with Crippen LogP contribution in [0.4, 0.5) is 10.5 Å². The molecule has 2 amide bonds. The molecule has 1 aromatic heterocycles. The van der Waals surface area contributed by atoms with E-state index in [-0.39, 0.29) is 6.03 Å². The first-order chi connectivity index (χ1) is 13.0. The Morgan fingerprint density at radius 2 is 2.04 bits per heavy atom. The Morgan fingerprint density at radius 3 is 2.74 bits per heavy atom. The lowest BCUT2D eigenvalue weighted by Gasteiger charge is -2.23. The van der Waals surface area contributed by atoms with Gasteiger partial charge in [0.15, 0.2) is 0 Å². The summed E-state index contributed by atoms with van der Waals surface area (Å²) in [5, 5.41) is 8.14. The predicted octanol–water partition coefficient (Wildman–Crippen LogP) is 3.84. The highest BCUT2D eigenvalue weighted by molar-refractivity contribution is 7.98. The second-order valence-corrected chi connectivity index (χ2v) is 7.93. The average molecular weight is 408 g/mol. The van der Waals surface area contributed by atoms with Crippen LogP contribution in [0.25, 0.3) is 0 Å². The van der Waals surface area contributed by atoms with Crippen molar-refractivity contribution in [2.24, 2.45) is 7.05 Å². The number of carbonyl (C=O) groups is 1. The van der Waals surface area contributed by atoms with Gasteiger partial charge in [-0.25, -0.2) is 4.79 Å². The summed E-state index contributed by atoms with van der Waals surface area (Å²) < 4.78 is 1.72. The molecule has 8 heteroatoms. The highest BCUT2D eigenvalue weighted by Crippen LogP contribution is 2.25. The molecule has 1 aromatic carbocycles. The highest BCUT2D eigenvalue weighted by Gasteiger charge is 2.22. The van der Waals surface area contributed by atoms with Gasteiger partial charge >= 0.3 is 6.03 Å². The molecule has 0 bridgehead atoms. The van der Waals surface area contributed by atoms with E-state index in [9.17, 15) is 4.79 Å². The summed E-state index contributed by atoms with van der Waals surface area (Å²) in [5.74, 6) is 0. The molecule has 146 valence electrons. The largest absolute Gasteiger partial charge is 0.323 e. The number of hydrogen-bond donors (Lipinski definition) is 1. The summed E-state index contributed by atoms with van der Waals surface area (Å²) >= 11 is 8.00. The maximum atomic E-state index is 12.7. The first-order valence-electron chi connectivity index (χ1n) is 9.09. The van der Waals surface area contributed by atoms with E-state index in [1.807, 2.05) is 49.4 Å². The Bertz CT molecular complexity index is 809. The third-order valence-electron chi connectivity index (χ3n) is 4.88. The number of benzene rings is 1. The van der Waals surface area contributed by atoms with Gasteiger partial charge < -0.3 is 10.2 Å². The quantitative estimate of drug-likeness (QED) is 0.782. The first kappa shape index (κ1) is 20.0. The number of nitrogens with zero attached hydrogens (tertiary/aromatic N) is 4. The van der Waals surface area contributed by atoms with Crippen molar-refractivity contribution >= 4 is 35.1 Å². The van der Waals surface area contributed by atoms with Gasteiger partial charge in [0.25, 0.3) is 0 Å². The molecule has 1 aliphatic rings. The van der Waals surface area contributed by atoms with Gasteiger partial charge in [-0.15, -0.1) is 11.8 Å². The molecule has 1 N–H and O–H groups in total. The van der Waals surface area contributed by atoms with Gasteiger partial charge in [0.1, 0.15) is 5.15 Å². The second kappa shape index (κ2) is 8.99. The lowest BCUT2D eigenvalue weighted by atomic mass is 10.2. The predicted molar refractivity (Wildman–Crippen MR) is 112 cm³/mol. The van der Waals surface area contributed by atoms with Gasteiger partial charge in [-0.2, -0.15) is 5.10 Å². The molecule has 0 radical (unpaired) electrons. The average Bonchev–Trinajstić information content (AvgIpc) is 2.84. The van der Waals surface area contributed by atoms with E-state index in [2.05, 4.69) is 15.3 Å². The molecular weight excluding hydrogens is 382 g/mol. The SMILES string of the molecule is CSc1ccccc1NC(=O)N1CCCN(Cc2c(C)nn(C)c2Cl)CC1. The Hall–Kier alpha value is -1.70. The number of aryl methyl sites for hydroxylation is 2. The van der Waals surface area contributed by atoms with E-state index in [1.165, 1.54) is 0 Å². The van der Waals surface area contributed by atoms with Crippen LogP contribution in [0.15, 0.2) is 29.2 Å². The van der Waals surface area contributed by atoms with Crippen molar-refractivity contribution in [3.8, 4) is 0 Å². The minimum absolute atomic E-state index is 0.0334. The number of rotatable bonds is 4. The summed E-state index contributed by atoms with van der Waals surface area (Å²) in [6, 6.07) is 7.86. The van der Waals surface area contributed by atoms with Crippen molar-refractivity contribution in [2.75, 3.05) is 37.8 Å².